The summed E-state index contributed by atoms with van der Waals surface area (Å²) in [5.41, 5.74) is 3.87. The quantitative estimate of drug-likeness (QED) is 0.737. The van der Waals surface area contributed by atoms with Crippen LogP contribution in [0.5, 0.6) is 0 Å². The number of hydrogen-bond acceptors (Lipinski definition) is 3. The van der Waals surface area contributed by atoms with Crippen LogP contribution in [-0.4, -0.2) is 46.0 Å². The maximum absolute atomic E-state index is 13.3. The molecule has 0 spiro atoms. The van der Waals surface area contributed by atoms with Crippen molar-refractivity contribution in [2.75, 3.05) is 19.6 Å². The number of likely N-dealkylation sites (tertiary alicyclic amines) is 1. The van der Waals surface area contributed by atoms with Gasteiger partial charge in [0.25, 0.3) is 5.91 Å². The molecule has 5 nitrogen and oxygen atoms in total. The van der Waals surface area contributed by atoms with Crippen molar-refractivity contribution in [1.82, 2.24) is 19.8 Å². The van der Waals surface area contributed by atoms with Gasteiger partial charge in [-0.15, -0.1) is 0 Å². The molecule has 0 unspecified atom stereocenters. The van der Waals surface area contributed by atoms with Crippen LogP contribution in [0.1, 0.15) is 42.5 Å². The highest BCUT2D eigenvalue weighted by molar-refractivity contribution is 5.95. The summed E-state index contributed by atoms with van der Waals surface area (Å²) >= 11 is 0. The molecule has 2 fully saturated rings. The van der Waals surface area contributed by atoms with Crippen LogP contribution in [0.3, 0.4) is 0 Å². The van der Waals surface area contributed by atoms with E-state index >= 15 is 0 Å². The summed E-state index contributed by atoms with van der Waals surface area (Å²) < 4.78 is 2.07. The monoisotopic (exact) mass is 388 g/mol. The second kappa shape index (κ2) is 7.99. The van der Waals surface area contributed by atoms with E-state index in [0.29, 0.717) is 12.0 Å². The van der Waals surface area contributed by atoms with E-state index in [4.69, 9.17) is 0 Å². The first-order valence-electron chi connectivity index (χ1n) is 10.9. The topological polar surface area (TPSA) is 50.2 Å². The lowest BCUT2D eigenvalue weighted by Crippen LogP contribution is -2.42. The molecule has 2 aromatic carbocycles. The number of amides is 1. The summed E-state index contributed by atoms with van der Waals surface area (Å²) in [6.45, 7) is 3.04. The van der Waals surface area contributed by atoms with Crippen molar-refractivity contribution in [2.45, 2.75) is 38.1 Å². The second-order valence-corrected chi connectivity index (χ2v) is 8.32. The fourth-order valence-corrected chi connectivity index (χ4v) is 5.00. The Bertz CT molecular complexity index is 986. The summed E-state index contributed by atoms with van der Waals surface area (Å²) in [5.74, 6) is 0.763. The summed E-state index contributed by atoms with van der Waals surface area (Å²) in [4.78, 5) is 19.9. The molecule has 2 saturated heterocycles. The van der Waals surface area contributed by atoms with E-state index in [1.165, 1.54) is 19.3 Å². The van der Waals surface area contributed by atoms with E-state index in [0.717, 1.165) is 54.8 Å². The fourth-order valence-electron chi connectivity index (χ4n) is 5.00. The number of benzene rings is 2. The first kappa shape index (κ1) is 18.4. The van der Waals surface area contributed by atoms with Crippen molar-refractivity contribution in [1.29, 1.82) is 0 Å². The lowest BCUT2D eigenvalue weighted by molar-refractivity contribution is 0.0683. The molecule has 0 radical (unpaired) electrons. The van der Waals surface area contributed by atoms with Gasteiger partial charge in [-0.25, -0.2) is 4.98 Å². The molecule has 5 rings (SSSR count). The van der Waals surface area contributed by atoms with E-state index < -0.39 is 0 Å². The molecule has 150 valence electrons. The van der Waals surface area contributed by atoms with Crippen LogP contribution in [0.2, 0.25) is 0 Å². The third kappa shape index (κ3) is 3.55. The Labute approximate surface area is 171 Å². The second-order valence-electron chi connectivity index (χ2n) is 8.32. The van der Waals surface area contributed by atoms with Gasteiger partial charge in [0, 0.05) is 23.8 Å². The van der Waals surface area contributed by atoms with Gasteiger partial charge in [-0.1, -0.05) is 18.6 Å². The maximum Gasteiger partial charge on any atom is 0.254 e. The van der Waals surface area contributed by atoms with Gasteiger partial charge in [0.2, 0.25) is 0 Å². The van der Waals surface area contributed by atoms with Crippen LogP contribution in [0.4, 0.5) is 0 Å². The highest BCUT2D eigenvalue weighted by Gasteiger charge is 2.35. The number of nitrogens with zero attached hydrogens (tertiary/aromatic N) is 3. The van der Waals surface area contributed by atoms with Crippen molar-refractivity contribution < 1.29 is 4.79 Å². The molecule has 1 aromatic heterocycles. The lowest BCUT2D eigenvalue weighted by atomic mass is 9.92. The van der Waals surface area contributed by atoms with Gasteiger partial charge < -0.3 is 10.2 Å². The molecule has 1 amide bonds. The van der Waals surface area contributed by atoms with Crippen LogP contribution in [-0.2, 0) is 0 Å². The molecule has 3 aromatic rings. The smallest absolute Gasteiger partial charge is 0.254 e. The molecule has 1 N–H and O–H groups in total. The van der Waals surface area contributed by atoms with E-state index in [2.05, 4.69) is 25.8 Å². The zero-order chi connectivity index (χ0) is 19.6. The van der Waals surface area contributed by atoms with Crippen molar-refractivity contribution in [3.05, 3.63) is 60.4 Å². The van der Waals surface area contributed by atoms with Crippen molar-refractivity contribution in [2.24, 2.45) is 5.92 Å². The van der Waals surface area contributed by atoms with Gasteiger partial charge in [-0.3, -0.25) is 9.36 Å². The molecule has 0 bridgehead atoms. The first-order valence-corrected chi connectivity index (χ1v) is 10.9. The average molecular weight is 389 g/mol. The number of rotatable bonds is 3. The predicted molar refractivity (Wildman–Crippen MR) is 115 cm³/mol. The molecule has 0 saturated carbocycles. The van der Waals surface area contributed by atoms with E-state index in [1.807, 2.05) is 48.8 Å². The molecule has 29 heavy (non-hydrogen) atoms. The van der Waals surface area contributed by atoms with E-state index in [9.17, 15) is 4.79 Å². The predicted octanol–water partition coefficient (Wildman–Crippen LogP) is 4.02. The van der Waals surface area contributed by atoms with Crippen LogP contribution >= 0.6 is 0 Å². The SMILES string of the molecule is O=C(c1ccc(-n2cnc3ccccc32)cc1)N1CCC[C@H]1[C@H]1CCCCNC1. The van der Waals surface area contributed by atoms with Crippen molar-refractivity contribution in [3.63, 3.8) is 0 Å². The van der Waals surface area contributed by atoms with Gasteiger partial charge in [0.05, 0.1) is 11.0 Å². The minimum Gasteiger partial charge on any atom is -0.335 e. The maximum atomic E-state index is 13.3. The minimum absolute atomic E-state index is 0.179. The number of carbonyl (C=O) groups excluding carboxylic acids is 1. The Hall–Kier alpha value is -2.66. The van der Waals surface area contributed by atoms with Crippen molar-refractivity contribution in [3.8, 4) is 5.69 Å². The van der Waals surface area contributed by atoms with Crippen molar-refractivity contribution >= 4 is 16.9 Å². The minimum atomic E-state index is 0.179. The number of nitrogens with one attached hydrogen (secondary N) is 1. The summed E-state index contributed by atoms with van der Waals surface area (Å²) in [6, 6.07) is 16.5. The molecule has 2 atom stereocenters. The van der Waals surface area contributed by atoms with Crippen LogP contribution in [0.25, 0.3) is 16.7 Å². The fraction of sp³-hybridized carbons (Fsp3) is 0.417. The molecule has 2 aliphatic heterocycles. The summed E-state index contributed by atoms with van der Waals surface area (Å²) in [6.07, 6.45) is 7.85. The molecule has 2 aliphatic rings. The average Bonchev–Trinajstić information content (AvgIpc) is 3.34. The van der Waals surface area contributed by atoms with Gasteiger partial charge in [0.1, 0.15) is 6.33 Å². The molecule has 3 heterocycles. The third-order valence-electron chi connectivity index (χ3n) is 6.54. The Balaban J connectivity index is 1.36. The Morgan fingerprint density at radius 1 is 1.00 bits per heavy atom. The number of para-hydroxylation sites is 2. The molecular weight excluding hydrogens is 360 g/mol. The zero-order valence-corrected chi connectivity index (χ0v) is 16.8. The van der Waals surface area contributed by atoms with Gasteiger partial charge in [0.15, 0.2) is 0 Å². The largest absolute Gasteiger partial charge is 0.335 e. The van der Waals surface area contributed by atoms with Crippen LogP contribution < -0.4 is 5.32 Å². The number of aromatic nitrogens is 2. The number of hydrogen-bond donors (Lipinski definition) is 1. The number of carbonyl (C=O) groups is 1. The van der Waals surface area contributed by atoms with Gasteiger partial charge in [-0.2, -0.15) is 0 Å². The summed E-state index contributed by atoms with van der Waals surface area (Å²) in [7, 11) is 0. The molecule has 0 aliphatic carbocycles. The van der Waals surface area contributed by atoms with Crippen LogP contribution in [0, 0.1) is 5.92 Å². The number of fused-ring (bicyclic) bond motifs is 1. The Morgan fingerprint density at radius 2 is 1.86 bits per heavy atom. The normalized spacial score (nSPS) is 22.7. The first-order chi connectivity index (χ1) is 14.3. The lowest BCUT2D eigenvalue weighted by Gasteiger charge is -2.31. The molecule has 5 heteroatoms. The number of imidazole rings is 1. The Kier molecular flexibility index (Phi) is 5.06. The Morgan fingerprint density at radius 3 is 2.76 bits per heavy atom. The standard InChI is InChI=1S/C24H28N4O/c29-24(27-15-5-9-22(27)19-6-3-4-14-25-16-19)18-10-12-20(13-11-18)28-17-26-21-7-1-2-8-23(21)28/h1-2,7-8,10-13,17,19,22,25H,3-6,9,14-16H2/t19-,22-/m0/s1. The highest BCUT2D eigenvalue weighted by Crippen LogP contribution is 2.30. The molecular formula is C24H28N4O. The van der Waals surface area contributed by atoms with Gasteiger partial charge >= 0.3 is 0 Å². The zero-order valence-electron chi connectivity index (χ0n) is 16.8. The van der Waals surface area contributed by atoms with E-state index in [-0.39, 0.29) is 5.91 Å². The van der Waals surface area contributed by atoms with E-state index in [1.54, 1.807) is 0 Å². The van der Waals surface area contributed by atoms with Crippen LogP contribution in [0.15, 0.2) is 54.9 Å². The highest BCUT2D eigenvalue weighted by atomic mass is 16.2. The van der Waals surface area contributed by atoms with Gasteiger partial charge in [-0.05, 0) is 81.1 Å². The summed E-state index contributed by atoms with van der Waals surface area (Å²) in [5, 5.41) is 3.56. The third-order valence-corrected chi connectivity index (χ3v) is 6.54.